The molecule has 2 nitrogen and oxygen atoms in total. The summed E-state index contributed by atoms with van der Waals surface area (Å²) < 4.78 is 5.91. The summed E-state index contributed by atoms with van der Waals surface area (Å²) in [7, 11) is 0.101. The average molecular weight is 412 g/mol. The third-order valence-corrected chi connectivity index (χ3v) is 6.36. The van der Waals surface area contributed by atoms with E-state index in [0.29, 0.717) is 0 Å². The number of para-hydroxylation sites is 1. The molecule has 0 aliphatic rings. The SMILES string of the molecule is Cc1cc(Oc2ccccc2)ccc1PC(=O)c1c(C)cc(C(C)(C)C)cc1C.[H-].[Li+]. The van der Waals surface area contributed by atoms with Gasteiger partial charge in [0.25, 0.3) is 0 Å². The van der Waals surface area contributed by atoms with Crippen LogP contribution in [0.4, 0.5) is 0 Å². The van der Waals surface area contributed by atoms with Crippen LogP contribution in [0.1, 0.15) is 54.8 Å². The van der Waals surface area contributed by atoms with Crippen LogP contribution in [-0.4, -0.2) is 5.52 Å². The summed E-state index contributed by atoms with van der Waals surface area (Å²) in [5, 5.41) is 1.06. The first kappa shape index (κ1) is 24.4. The van der Waals surface area contributed by atoms with E-state index in [-0.39, 0.29) is 39.8 Å². The molecule has 0 heterocycles. The number of rotatable bonds is 5. The number of benzene rings is 3. The third kappa shape index (κ3) is 5.86. The van der Waals surface area contributed by atoms with E-state index < -0.39 is 0 Å². The average Bonchev–Trinajstić information content (AvgIpc) is 2.63. The van der Waals surface area contributed by atoms with Gasteiger partial charge in [0.2, 0.25) is 0 Å². The molecule has 0 fully saturated rings. The third-order valence-electron chi connectivity index (χ3n) is 5.05. The summed E-state index contributed by atoms with van der Waals surface area (Å²) in [6.45, 7) is 12.7. The minimum atomic E-state index is 0. The van der Waals surface area contributed by atoms with Crippen LogP contribution >= 0.6 is 8.58 Å². The van der Waals surface area contributed by atoms with Crippen molar-refractivity contribution in [1.82, 2.24) is 0 Å². The first-order chi connectivity index (χ1) is 13.6. The van der Waals surface area contributed by atoms with E-state index in [9.17, 15) is 4.79 Å². The minimum Gasteiger partial charge on any atom is -1.00 e. The zero-order valence-electron chi connectivity index (χ0n) is 20.1. The van der Waals surface area contributed by atoms with Gasteiger partial charge in [0, 0.05) is 5.56 Å². The van der Waals surface area contributed by atoms with Gasteiger partial charge in [-0.15, -0.1) is 0 Å². The number of aryl methyl sites for hydroxylation is 3. The monoisotopic (exact) mass is 412 g/mol. The van der Waals surface area contributed by atoms with Crippen LogP contribution in [0.5, 0.6) is 11.5 Å². The fraction of sp³-hybridized carbons (Fsp3) is 0.269. The summed E-state index contributed by atoms with van der Waals surface area (Å²) in [6.07, 6.45) is 0. The standard InChI is InChI=1S/C26H29O2P.Li.H/c1-17-16-22(28-21-10-8-7-9-11-21)12-13-23(17)29-25(27)24-18(2)14-20(15-19(24)3)26(4,5)6;;/h7-16,29H,1-6H3;;/q;+1;-1. The van der Waals surface area contributed by atoms with Crippen molar-refractivity contribution in [2.75, 3.05) is 0 Å². The second kappa shape index (κ2) is 9.98. The maximum absolute atomic E-state index is 13.1. The normalized spacial score (nSPS) is 11.4. The van der Waals surface area contributed by atoms with Gasteiger partial charge < -0.3 is 6.16 Å². The molecule has 30 heavy (non-hydrogen) atoms. The first-order valence-corrected chi connectivity index (χ1v) is 10.9. The molecule has 1 unspecified atom stereocenters. The Kier molecular flexibility index (Phi) is 8.12. The van der Waals surface area contributed by atoms with Crippen LogP contribution < -0.4 is 28.9 Å². The molecule has 3 rings (SSSR count). The molecule has 3 aromatic carbocycles. The van der Waals surface area contributed by atoms with Crippen molar-refractivity contribution in [3.05, 3.63) is 88.5 Å². The van der Waals surface area contributed by atoms with Crippen molar-refractivity contribution in [2.24, 2.45) is 0 Å². The van der Waals surface area contributed by atoms with Crippen molar-refractivity contribution in [3.63, 3.8) is 0 Å². The van der Waals surface area contributed by atoms with Crippen LogP contribution in [0.2, 0.25) is 0 Å². The van der Waals surface area contributed by atoms with E-state index in [2.05, 4.69) is 32.9 Å². The maximum atomic E-state index is 13.1. The van der Waals surface area contributed by atoms with Gasteiger partial charge >= 0.3 is 18.9 Å². The molecule has 0 spiro atoms. The molecule has 3 aromatic rings. The number of hydrogen-bond acceptors (Lipinski definition) is 2. The summed E-state index contributed by atoms with van der Waals surface area (Å²) in [5.74, 6) is 1.60. The van der Waals surface area contributed by atoms with Crippen LogP contribution in [0, 0.1) is 20.8 Å². The molecule has 0 aliphatic carbocycles. The van der Waals surface area contributed by atoms with E-state index in [1.807, 2.05) is 69.3 Å². The summed E-state index contributed by atoms with van der Waals surface area (Å²) in [4.78, 5) is 13.1. The summed E-state index contributed by atoms with van der Waals surface area (Å²) >= 11 is 0. The molecular formula is C26H30LiO2P. The predicted octanol–water partition coefficient (Wildman–Crippen LogP) is 3.96. The fourth-order valence-electron chi connectivity index (χ4n) is 3.40. The summed E-state index contributed by atoms with van der Waals surface area (Å²) in [6, 6.07) is 20.0. The number of ether oxygens (including phenoxy) is 1. The molecule has 0 N–H and O–H groups in total. The molecule has 0 saturated carbocycles. The van der Waals surface area contributed by atoms with E-state index >= 15 is 0 Å². The van der Waals surface area contributed by atoms with Gasteiger partial charge in [0.1, 0.15) is 11.5 Å². The second-order valence-corrected chi connectivity index (χ2v) is 9.82. The first-order valence-electron chi connectivity index (χ1n) is 9.92. The Morgan fingerprint density at radius 1 is 0.833 bits per heavy atom. The number of hydrogen-bond donors (Lipinski definition) is 0. The molecule has 0 saturated heterocycles. The minimum absolute atomic E-state index is 0. The Morgan fingerprint density at radius 2 is 1.43 bits per heavy atom. The Hall–Kier alpha value is -1.84. The van der Waals surface area contributed by atoms with Crippen molar-refractivity contribution < 1.29 is 29.8 Å². The van der Waals surface area contributed by atoms with Crippen molar-refractivity contribution in [2.45, 2.75) is 47.0 Å². The van der Waals surface area contributed by atoms with E-state index in [0.717, 1.165) is 39.1 Å². The molecule has 0 bridgehead atoms. The molecule has 0 aliphatic heterocycles. The quantitative estimate of drug-likeness (QED) is 0.468. The molecular weight excluding hydrogens is 382 g/mol. The predicted molar refractivity (Wildman–Crippen MR) is 126 cm³/mol. The van der Waals surface area contributed by atoms with Crippen molar-refractivity contribution >= 4 is 19.4 Å². The molecule has 0 radical (unpaired) electrons. The zero-order chi connectivity index (χ0) is 21.2. The fourth-order valence-corrected chi connectivity index (χ4v) is 4.60. The van der Waals surface area contributed by atoms with Crippen LogP contribution in [-0.2, 0) is 5.41 Å². The topological polar surface area (TPSA) is 26.3 Å². The number of carbonyl (C=O) groups is 1. The van der Waals surface area contributed by atoms with E-state index in [1.165, 1.54) is 5.56 Å². The Labute approximate surface area is 195 Å². The molecule has 0 amide bonds. The molecule has 0 aromatic heterocycles. The second-order valence-electron chi connectivity index (χ2n) is 8.58. The van der Waals surface area contributed by atoms with Gasteiger partial charge in [0.15, 0.2) is 5.52 Å². The Bertz CT molecular complexity index is 1020. The van der Waals surface area contributed by atoms with E-state index in [1.54, 1.807) is 0 Å². The van der Waals surface area contributed by atoms with Gasteiger partial charge in [-0.05, 0) is 86.6 Å². The molecule has 1 atom stereocenters. The van der Waals surface area contributed by atoms with Crippen LogP contribution in [0.15, 0.2) is 60.7 Å². The Morgan fingerprint density at radius 3 is 1.97 bits per heavy atom. The van der Waals surface area contributed by atoms with Gasteiger partial charge in [-0.3, -0.25) is 4.79 Å². The van der Waals surface area contributed by atoms with Crippen molar-refractivity contribution in [1.29, 1.82) is 0 Å². The maximum Gasteiger partial charge on any atom is 1.00 e. The van der Waals surface area contributed by atoms with Crippen LogP contribution in [0.25, 0.3) is 0 Å². The largest absolute Gasteiger partial charge is 1.00 e. The van der Waals surface area contributed by atoms with Gasteiger partial charge in [-0.1, -0.05) is 57.2 Å². The van der Waals surface area contributed by atoms with Gasteiger partial charge in [0.05, 0.1) is 0 Å². The molecule has 4 heteroatoms. The number of carbonyl (C=O) groups excluding carboxylic acids is 1. The van der Waals surface area contributed by atoms with Crippen LogP contribution in [0.3, 0.4) is 0 Å². The van der Waals surface area contributed by atoms with Gasteiger partial charge in [-0.25, -0.2) is 0 Å². The zero-order valence-corrected chi connectivity index (χ0v) is 20.1. The van der Waals surface area contributed by atoms with Crippen molar-refractivity contribution in [3.8, 4) is 11.5 Å². The molecule has 152 valence electrons. The smallest absolute Gasteiger partial charge is 1.00 e. The van der Waals surface area contributed by atoms with E-state index in [4.69, 9.17) is 4.74 Å². The Balaban J connectivity index is 0.00000240. The van der Waals surface area contributed by atoms with Gasteiger partial charge in [-0.2, -0.15) is 0 Å². The summed E-state index contributed by atoms with van der Waals surface area (Å²) in [5.41, 5.74) is 5.60.